The smallest absolute Gasteiger partial charge is 0.234 e. The second kappa shape index (κ2) is 8.98. The van der Waals surface area contributed by atoms with Crippen molar-refractivity contribution in [1.29, 1.82) is 0 Å². The number of halogens is 1. The van der Waals surface area contributed by atoms with Crippen LogP contribution in [0.25, 0.3) is 0 Å². The SMILES string of the molecule is COCCNCC(=O)NCc1cc(C)no1.Cl. The maximum Gasteiger partial charge on any atom is 0.234 e. The highest BCUT2D eigenvalue weighted by Gasteiger charge is 2.03. The van der Waals surface area contributed by atoms with E-state index in [9.17, 15) is 4.79 Å². The van der Waals surface area contributed by atoms with Crippen LogP contribution >= 0.6 is 12.4 Å². The van der Waals surface area contributed by atoms with Gasteiger partial charge >= 0.3 is 0 Å². The fourth-order valence-corrected chi connectivity index (χ4v) is 1.12. The minimum absolute atomic E-state index is 0. The van der Waals surface area contributed by atoms with E-state index in [0.717, 1.165) is 5.69 Å². The van der Waals surface area contributed by atoms with E-state index in [4.69, 9.17) is 9.26 Å². The zero-order valence-corrected chi connectivity index (χ0v) is 10.8. The molecule has 1 heterocycles. The quantitative estimate of drug-likeness (QED) is 0.690. The average Bonchev–Trinajstić information content (AvgIpc) is 2.68. The van der Waals surface area contributed by atoms with Gasteiger partial charge in [-0.2, -0.15) is 0 Å². The maximum absolute atomic E-state index is 11.3. The second-order valence-electron chi connectivity index (χ2n) is 3.38. The van der Waals surface area contributed by atoms with Crippen LogP contribution in [0.3, 0.4) is 0 Å². The predicted molar refractivity (Wildman–Crippen MR) is 65.1 cm³/mol. The molecule has 0 aliphatic heterocycles. The Morgan fingerprint density at radius 3 is 2.94 bits per heavy atom. The first-order chi connectivity index (χ1) is 7.72. The van der Waals surface area contributed by atoms with Crippen LogP contribution in [-0.2, 0) is 16.1 Å². The number of methoxy groups -OCH3 is 1. The van der Waals surface area contributed by atoms with Crippen molar-refractivity contribution in [3.8, 4) is 0 Å². The normalized spacial score (nSPS) is 9.76. The Bertz CT molecular complexity index is 330. The lowest BCUT2D eigenvalue weighted by Gasteiger charge is -2.04. The Morgan fingerprint density at radius 2 is 2.35 bits per heavy atom. The molecule has 0 saturated heterocycles. The van der Waals surface area contributed by atoms with E-state index in [0.29, 0.717) is 25.5 Å². The Balaban J connectivity index is 0.00000256. The van der Waals surface area contributed by atoms with Gasteiger partial charge in [-0.3, -0.25) is 4.79 Å². The first-order valence-corrected chi connectivity index (χ1v) is 5.11. The summed E-state index contributed by atoms with van der Waals surface area (Å²) in [7, 11) is 1.62. The van der Waals surface area contributed by atoms with Gasteiger partial charge in [-0.15, -0.1) is 12.4 Å². The van der Waals surface area contributed by atoms with Gasteiger partial charge in [0.25, 0.3) is 0 Å². The summed E-state index contributed by atoms with van der Waals surface area (Å²) in [6, 6.07) is 1.79. The molecule has 1 rings (SSSR count). The first kappa shape index (κ1) is 15.9. The number of hydrogen-bond donors (Lipinski definition) is 2. The van der Waals surface area contributed by atoms with Crippen LogP contribution in [0.4, 0.5) is 0 Å². The molecule has 17 heavy (non-hydrogen) atoms. The zero-order valence-electron chi connectivity index (χ0n) is 9.99. The van der Waals surface area contributed by atoms with Gasteiger partial charge in [-0.25, -0.2) is 0 Å². The van der Waals surface area contributed by atoms with Crippen LogP contribution in [0.1, 0.15) is 11.5 Å². The fraction of sp³-hybridized carbons (Fsp3) is 0.600. The topological polar surface area (TPSA) is 76.4 Å². The van der Waals surface area contributed by atoms with Gasteiger partial charge in [0.15, 0.2) is 5.76 Å². The van der Waals surface area contributed by atoms with Crippen molar-refractivity contribution in [2.75, 3.05) is 26.8 Å². The third-order valence-corrected chi connectivity index (χ3v) is 1.91. The van der Waals surface area contributed by atoms with Crippen LogP contribution in [-0.4, -0.2) is 37.9 Å². The first-order valence-electron chi connectivity index (χ1n) is 5.11. The molecule has 6 nitrogen and oxygen atoms in total. The monoisotopic (exact) mass is 263 g/mol. The van der Waals surface area contributed by atoms with E-state index in [1.54, 1.807) is 13.2 Å². The molecule has 0 aromatic carbocycles. The number of carbonyl (C=O) groups is 1. The van der Waals surface area contributed by atoms with E-state index < -0.39 is 0 Å². The van der Waals surface area contributed by atoms with Gasteiger partial charge in [-0.1, -0.05) is 5.16 Å². The summed E-state index contributed by atoms with van der Waals surface area (Å²) in [6.07, 6.45) is 0. The van der Waals surface area contributed by atoms with Crippen molar-refractivity contribution in [2.45, 2.75) is 13.5 Å². The van der Waals surface area contributed by atoms with Crippen LogP contribution in [0.15, 0.2) is 10.6 Å². The summed E-state index contributed by atoms with van der Waals surface area (Å²) in [5.41, 5.74) is 0.808. The number of nitrogens with one attached hydrogen (secondary N) is 2. The van der Waals surface area contributed by atoms with Crippen molar-refractivity contribution in [1.82, 2.24) is 15.8 Å². The summed E-state index contributed by atoms with van der Waals surface area (Å²) in [6.45, 7) is 3.73. The summed E-state index contributed by atoms with van der Waals surface area (Å²) >= 11 is 0. The molecule has 0 aliphatic carbocycles. The zero-order chi connectivity index (χ0) is 11.8. The van der Waals surface area contributed by atoms with Crippen molar-refractivity contribution >= 4 is 18.3 Å². The summed E-state index contributed by atoms with van der Waals surface area (Å²) in [5, 5.41) is 9.38. The van der Waals surface area contributed by atoms with E-state index in [1.165, 1.54) is 0 Å². The Kier molecular flexibility index (Phi) is 8.39. The molecule has 0 radical (unpaired) electrons. The molecule has 0 fully saturated rings. The van der Waals surface area contributed by atoms with Gasteiger partial charge in [0.1, 0.15) is 0 Å². The number of ether oxygens (including phenoxy) is 1. The molecule has 0 unspecified atom stereocenters. The van der Waals surface area contributed by atoms with Gasteiger partial charge < -0.3 is 19.9 Å². The van der Waals surface area contributed by atoms with Crippen LogP contribution < -0.4 is 10.6 Å². The number of nitrogens with zero attached hydrogens (tertiary/aromatic N) is 1. The van der Waals surface area contributed by atoms with Crippen molar-refractivity contribution in [3.05, 3.63) is 17.5 Å². The summed E-state index contributed by atoms with van der Waals surface area (Å²) in [4.78, 5) is 11.3. The molecular formula is C10H18ClN3O3. The third-order valence-electron chi connectivity index (χ3n) is 1.91. The molecule has 0 aliphatic rings. The second-order valence-corrected chi connectivity index (χ2v) is 3.38. The van der Waals surface area contributed by atoms with E-state index >= 15 is 0 Å². The van der Waals surface area contributed by atoms with Crippen molar-refractivity contribution in [2.24, 2.45) is 0 Å². The Hall–Kier alpha value is -1.11. The highest BCUT2D eigenvalue weighted by Crippen LogP contribution is 2.00. The standard InChI is InChI=1S/C10H17N3O3.ClH/c1-8-5-9(16-13-8)6-12-10(14)7-11-3-4-15-2;/h5,11H,3-4,6-7H2,1-2H3,(H,12,14);1H. The molecule has 0 saturated carbocycles. The van der Waals surface area contributed by atoms with Gasteiger partial charge in [0, 0.05) is 19.7 Å². The Labute approximate surface area is 106 Å². The number of amides is 1. The van der Waals surface area contributed by atoms with Crippen molar-refractivity contribution < 1.29 is 14.1 Å². The highest BCUT2D eigenvalue weighted by molar-refractivity contribution is 5.85. The minimum Gasteiger partial charge on any atom is -0.383 e. The van der Waals surface area contributed by atoms with Crippen LogP contribution in [0.5, 0.6) is 0 Å². The lowest BCUT2D eigenvalue weighted by molar-refractivity contribution is -0.120. The van der Waals surface area contributed by atoms with Gasteiger partial charge in [0.05, 0.1) is 25.4 Å². The van der Waals surface area contributed by atoms with Gasteiger partial charge in [-0.05, 0) is 6.92 Å². The lowest BCUT2D eigenvalue weighted by Crippen LogP contribution is -2.34. The fourth-order valence-electron chi connectivity index (χ4n) is 1.12. The van der Waals surface area contributed by atoms with Crippen molar-refractivity contribution in [3.63, 3.8) is 0 Å². The van der Waals surface area contributed by atoms with Crippen LogP contribution in [0, 0.1) is 6.92 Å². The Morgan fingerprint density at radius 1 is 1.59 bits per heavy atom. The molecule has 0 bridgehead atoms. The molecule has 7 heteroatoms. The van der Waals surface area contributed by atoms with Gasteiger partial charge in [0.2, 0.25) is 5.91 Å². The summed E-state index contributed by atoms with van der Waals surface area (Å²) in [5.74, 6) is 0.577. The predicted octanol–water partition coefficient (Wildman–Crippen LogP) is 0.257. The minimum atomic E-state index is -0.0786. The maximum atomic E-state index is 11.3. The van der Waals surface area contributed by atoms with E-state index in [1.807, 2.05) is 6.92 Å². The van der Waals surface area contributed by atoms with E-state index in [-0.39, 0.29) is 24.9 Å². The third kappa shape index (κ3) is 6.93. The summed E-state index contributed by atoms with van der Waals surface area (Å²) < 4.78 is 9.79. The highest BCUT2D eigenvalue weighted by atomic mass is 35.5. The van der Waals surface area contributed by atoms with E-state index in [2.05, 4.69) is 15.8 Å². The molecular weight excluding hydrogens is 246 g/mol. The number of aromatic nitrogens is 1. The molecule has 0 spiro atoms. The molecule has 1 aromatic rings. The number of rotatable bonds is 7. The molecule has 1 aromatic heterocycles. The van der Waals surface area contributed by atoms with Crippen LogP contribution in [0.2, 0.25) is 0 Å². The molecule has 2 N–H and O–H groups in total. The number of aryl methyl sites for hydroxylation is 1. The molecule has 1 amide bonds. The lowest BCUT2D eigenvalue weighted by atomic mass is 10.4. The molecule has 98 valence electrons. The largest absolute Gasteiger partial charge is 0.383 e. The number of carbonyl (C=O) groups excluding carboxylic acids is 1. The molecule has 0 atom stereocenters. The average molecular weight is 264 g/mol. The number of hydrogen-bond acceptors (Lipinski definition) is 5.